The van der Waals surface area contributed by atoms with E-state index in [-0.39, 0.29) is 97.3 Å². The molecule has 7 heterocycles. The molecule has 11 rings (SSSR count). The number of ether oxygens (including phenoxy) is 5. The minimum absolute atomic E-state index is 0. The molecule has 117 heavy (non-hydrogen) atoms. The van der Waals surface area contributed by atoms with Crippen LogP contribution in [0.3, 0.4) is 0 Å². The van der Waals surface area contributed by atoms with Gasteiger partial charge in [-0.1, -0.05) is 179 Å². The number of pyridine rings is 4. The third-order valence-electron chi connectivity index (χ3n) is 17.6. The van der Waals surface area contributed by atoms with Gasteiger partial charge in [-0.25, -0.2) is 9.89 Å². The Morgan fingerprint density at radius 2 is 0.761 bits per heavy atom. The third kappa shape index (κ3) is 36.6. The molecule has 0 aliphatic carbocycles. The van der Waals surface area contributed by atoms with Crippen LogP contribution in [-0.4, -0.2) is 156 Å². The lowest BCUT2D eigenvalue weighted by Gasteiger charge is -2.35. The molecule has 626 valence electrons. The Bertz CT molecular complexity index is 4270. The number of rotatable bonds is 28. The van der Waals surface area contributed by atoms with E-state index in [4.69, 9.17) is 27.8 Å². The summed E-state index contributed by atoms with van der Waals surface area (Å²) >= 11 is 4.06. The Morgan fingerprint density at radius 3 is 0.991 bits per heavy atom. The zero-order chi connectivity index (χ0) is 85.4. The Kier molecular flexibility index (Phi) is 43.5. The highest BCUT2D eigenvalue weighted by atomic mass is 32.2. The molecule has 22 nitrogen and oxygen atoms in total. The Labute approximate surface area is 706 Å². The van der Waals surface area contributed by atoms with Crippen molar-refractivity contribution in [2.45, 2.75) is 166 Å². The summed E-state index contributed by atoms with van der Waals surface area (Å²) in [4.78, 5) is 117. The van der Waals surface area contributed by atoms with Crippen LogP contribution in [0, 0.1) is 0 Å². The van der Waals surface area contributed by atoms with Crippen LogP contribution < -0.4 is 18.9 Å². The number of nitrogens with zero attached hydrogens (tertiary/aromatic N) is 7. The lowest BCUT2D eigenvalue weighted by atomic mass is 10.1. The van der Waals surface area contributed by atoms with Gasteiger partial charge in [0.2, 0.25) is 42.6 Å². The molecule has 0 N–H and O–H groups in total. The predicted octanol–water partition coefficient (Wildman–Crippen LogP) is 19.5. The summed E-state index contributed by atoms with van der Waals surface area (Å²) in [5.41, 5.74) is 10.6. The normalized spacial score (nSPS) is 12.6. The van der Waals surface area contributed by atoms with Crippen LogP contribution in [0.4, 0.5) is 4.79 Å². The van der Waals surface area contributed by atoms with Gasteiger partial charge in [-0.2, -0.15) is 4.99 Å². The molecule has 3 amide bonds. The Balaban J connectivity index is 0.000000291. The van der Waals surface area contributed by atoms with Gasteiger partial charge >= 0.3 is 0 Å². The van der Waals surface area contributed by atoms with Gasteiger partial charge in [-0.15, -0.1) is 0 Å². The van der Waals surface area contributed by atoms with E-state index in [0.717, 1.165) is 101 Å². The zero-order valence-electron chi connectivity index (χ0n) is 70.0. The lowest BCUT2D eigenvalue weighted by Crippen LogP contribution is -2.41. The number of aliphatic imine (C=N–C) groups is 2. The number of hydrogen-bond acceptors (Lipinski definition) is 23. The van der Waals surface area contributed by atoms with Crippen LogP contribution >= 0.6 is 35.3 Å². The first-order chi connectivity index (χ1) is 55.2. The minimum Gasteiger partial charge on any atom is -0.534 e. The first kappa shape index (κ1) is 99.3. The van der Waals surface area contributed by atoms with E-state index < -0.39 is 16.6 Å². The summed E-state index contributed by atoms with van der Waals surface area (Å²) in [6, 6.07) is 44.7. The summed E-state index contributed by atoms with van der Waals surface area (Å²) in [7, 11) is -1.79. The van der Waals surface area contributed by atoms with E-state index in [1.807, 2.05) is 104 Å². The Morgan fingerprint density at radius 1 is 0.436 bits per heavy atom. The summed E-state index contributed by atoms with van der Waals surface area (Å²) in [5.74, 6) is 4.35. The Hall–Kier alpha value is -10.0. The van der Waals surface area contributed by atoms with E-state index in [1.54, 1.807) is 85.1 Å². The van der Waals surface area contributed by atoms with Gasteiger partial charge in [0, 0.05) is 37.5 Å². The molecule has 0 atom stereocenters. The standard InChI is InChI=1S/C17H17NO3.3C17H19NO2.C9H17NO2SSi.C7H13NOSSi.C5H7NO3S.CH4/c1-3-13-4-9-16(18-10-13)17(20)11-21-15-7-5-14(6-8-15)12(2)19;3*1-3-13-5-8-15(9-6-13)20-12-17(19)16-10-7-14(4-2)11-18-16;1-9(2,3)14(4,5)12-8-10-7(11)6-13-8;1-6-8-7(5-10-6)9-11(2,3)4;1-9-3-6-4(7)2-10-5(6)8;/h4-10H,3,11H2,1-2H3;3*5-11H,3-4,12H2,1-2H3;6H2,1-5H3;1,5H2,2-4H3;2-3H2,1H3;1H4. The van der Waals surface area contributed by atoms with Crippen molar-refractivity contribution in [2.24, 2.45) is 9.98 Å². The highest BCUT2D eigenvalue weighted by Gasteiger charge is 2.41. The number of aryl methyl sites for hydroxylation is 7. The molecule has 1 saturated heterocycles. The second-order valence-electron chi connectivity index (χ2n) is 28.7. The fourth-order valence-corrected chi connectivity index (χ4v) is 13.8. The summed E-state index contributed by atoms with van der Waals surface area (Å²) in [6.07, 6.45) is 13.5. The SMILES string of the molecule is C.C=C1N=C(O[Si](C)(C)C)CS1.CC(C)(C)[Si](C)(C)OC1=NC(=O)CS1.CCc1ccc(C(=O)COc2ccc(C(C)=O)cc2)nc1.CCc1ccc(OCC(=O)c2ccc(CC)cn2)cc1.CCc1ccc(OCC(=O)c2ccc(CC)cn2)cc1.CCc1ccc(OCC(=O)c2ccc(CC)cn2)cc1.COCN1C(=O)CSC1=O. The number of Topliss-reactive ketones (excluding diaryl/α,β-unsaturated/α-hetero) is 5. The third-order valence-corrected chi connectivity index (χ3v) is 25.4. The number of aromatic nitrogens is 4. The molecular formula is C90H115N7O15S3Si2. The number of benzene rings is 4. The van der Waals surface area contributed by atoms with Crippen LogP contribution in [0.5, 0.6) is 23.0 Å². The summed E-state index contributed by atoms with van der Waals surface area (Å²) in [6.45, 7) is 37.1. The molecule has 0 radical (unpaired) electrons. The zero-order valence-corrected chi connectivity index (χ0v) is 74.4. The average Bonchev–Trinajstić information content (AvgIpc) is 1.81. The molecular weight excluding hydrogens is 1570 g/mol. The molecule has 0 spiro atoms. The van der Waals surface area contributed by atoms with Crippen molar-refractivity contribution in [3.05, 3.63) is 249 Å². The highest BCUT2D eigenvalue weighted by Crippen LogP contribution is 2.38. The average molecular weight is 1690 g/mol. The van der Waals surface area contributed by atoms with Gasteiger partial charge in [0.25, 0.3) is 19.5 Å². The van der Waals surface area contributed by atoms with Crippen molar-refractivity contribution in [1.82, 2.24) is 24.8 Å². The molecule has 8 aromatic rings. The van der Waals surface area contributed by atoms with Crippen LogP contribution in [0.2, 0.25) is 37.8 Å². The van der Waals surface area contributed by atoms with Gasteiger partial charge in [-0.3, -0.25) is 58.3 Å². The predicted molar refractivity (Wildman–Crippen MR) is 478 cm³/mol. The first-order valence-electron chi connectivity index (χ1n) is 38.5. The molecule has 3 aliphatic heterocycles. The fourth-order valence-electron chi connectivity index (χ4n) is 9.44. The number of thioether (sulfide) groups is 3. The van der Waals surface area contributed by atoms with Gasteiger partial charge in [0.05, 0.1) is 22.3 Å². The largest absolute Gasteiger partial charge is 0.534 e. The number of methoxy groups -OCH3 is 1. The summed E-state index contributed by atoms with van der Waals surface area (Å²) in [5, 5.41) is 1.38. The van der Waals surface area contributed by atoms with Crippen molar-refractivity contribution >= 4 is 109 Å². The first-order valence-corrected chi connectivity index (χ1v) is 47.8. The maximum atomic E-state index is 12.0. The molecule has 1 fully saturated rings. The van der Waals surface area contributed by atoms with Crippen molar-refractivity contribution < 1.29 is 70.9 Å². The maximum absolute atomic E-state index is 12.0. The van der Waals surface area contributed by atoms with E-state index in [0.29, 0.717) is 62.3 Å². The molecule has 0 unspecified atom stereocenters. The van der Waals surface area contributed by atoms with Crippen LogP contribution in [0.1, 0.15) is 175 Å². The number of carbonyl (C=O) groups is 8. The summed E-state index contributed by atoms with van der Waals surface area (Å²) < 4.78 is 38.1. The second kappa shape index (κ2) is 51.2. The number of hydrogen-bond donors (Lipinski definition) is 0. The molecule has 0 saturated carbocycles. The number of carbonyl (C=O) groups excluding carboxylic acids is 8. The van der Waals surface area contributed by atoms with Crippen molar-refractivity contribution in [3.8, 4) is 23.0 Å². The molecule has 4 aromatic heterocycles. The number of imide groups is 1. The number of amides is 3. The van der Waals surface area contributed by atoms with E-state index >= 15 is 0 Å². The van der Waals surface area contributed by atoms with Crippen molar-refractivity contribution in [1.29, 1.82) is 0 Å². The fraction of sp³-hybridized carbons (Fsp3) is 0.378. The molecule has 4 aromatic carbocycles. The molecule has 3 aliphatic rings. The van der Waals surface area contributed by atoms with Gasteiger partial charge < -0.3 is 32.5 Å². The lowest BCUT2D eigenvalue weighted by molar-refractivity contribution is -0.127. The second-order valence-corrected chi connectivity index (χ2v) is 40.7. The monoisotopic (exact) mass is 1690 g/mol. The highest BCUT2D eigenvalue weighted by molar-refractivity contribution is 8.15. The van der Waals surface area contributed by atoms with E-state index in [2.05, 4.69) is 136 Å². The topological polar surface area (TPSA) is 281 Å². The van der Waals surface area contributed by atoms with E-state index in [1.165, 1.54) is 42.5 Å². The van der Waals surface area contributed by atoms with Gasteiger partial charge in [0.1, 0.15) is 52.5 Å². The van der Waals surface area contributed by atoms with Crippen LogP contribution in [0.25, 0.3) is 0 Å². The smallest absolute Gasteiger partial charge is 0.290 e. The van der Waals surface area contributed by atoms with Crippen LogP contribution in [0.15, 0.2) is 192 Å². The number of ketones is 5. The van der Waals surface area contributed by atoms with E-state index in [9.17, 15) is 38.4 Å². The minimum atomic E-state index is -1.80. The van der Waals surface area contributed by atoms with Crippen LogP contribution in [-0.2, 0) is 68.1 Å². The quantitative estimate of drug-likeness (QED) is 0.0325. The van der Waals surface area contributed by atoms with Gasteiger partial charge in [-0.05, 0) is 214 Å². The van der Waals surface area contributed by atoms with Crippen molar-refractivity contribution in [2.75, 3.05) is 57.5 Å². The molecule has 0 bridgehead atoms. The van der Waals surface area contributed by atoms with Gasteiger partial charge in [0.15, 0.2) is 38.1 Å². The maximum Gasteiger partial charge on any atom is 0.290 e. The van der Waals surface area contributed by atoms with Crippen molar-refractivity contribution in [3.63, 3.8) is 0 Å². The molecule has 27 heteroatoms.